The summed E-state index contributed by atoms with van der Waals surface area (Å²) in [5.41, 5.74) is 0.681. The number of rotatable bonds is 2. The molecule has 0 radical (unpaired) electrons. The summed E-state index contributed by atoms with van der Waals surface area (Å²) in [6.07, 6.45) is 0. The summed E-state index contributed by atoms with van der Waals surface area (Å²) in [4.78, 5) is 6.71. The van der Waals surface area contributed by atoms with Crippen molar-refractivity contribution in [3.63, 3.8) is 0 Å². The Balaban J connectivity index is 2.08. The van der Waals surface area contributed by atoms with Crippen LogP contribution in [0.5, 0.6) is 0 Å². The van der Waals surface area contributed by atoms with Crippen LogP contribution in [0.3, 0.4) is 0 Å². The van der Waals surface area contributed by atoms with Gasteiger partial charge >= 0.3 is 0 Å². The topological polar surface area (TPSA) is 53.4 Å². The summed E-state index contributed by atoms with van der Waals surface area (Å²) in [5.74, 6) is 2.29. The number of anilines is 1. The molecule has 4 nitrogen and oxygen atoms in total. The molecule has 5 heteroatoms. The van der Waals surface area contributed by atoms with Gasteiger partial charge < -0.3 is 10.0 Å². The summed E-state index contributed by atoms with van der Waals surface area (Å²) in [6.45, 7) is 1.47. The van der Waals surface area contributed by atoms with Crippen molar-refractivity contribution >= 4 is 27.4 Å². The van der Waals surface area contributed by atoms with E-state index in [0.29, 0.717) is 17.2 Å². The van der Waals surface area contributed by atoms with Crippen molar-refractivity contribution in [3.8, 4) is 0 Å². The first-order valence-electron chi connectivity index (χ1n) is 6.37. The zero-order chi connectivity index (χ0) is 13.2. The Morgan fingerprint density at radius 1 is 1.26 bits per heavy atom. The number of aliphatic hydroxyl groups is 1. The monoisotopic (exact) mass is 276 g/mol. The molecule has 1 N–H and O–H groups in total. The molecule has 0 saturated carbocycles. The normalized spacial score (nSPS) is 17.0. The van der Waals surface area contributed by atoms with Crippen molar-refractivity contribution in [1.82, 2.24) is 4.98 Å². The zero-order valence-electron chi connectivity index (χ0n) is 10.6. The first kappa shape index (κ1) is 12.6. The SMILES string of the molecule is O=S1CCN(c2nc(CO)cc3ccccc23)CC1. The molecule has 3 rings (SSSR count). The fraction of sp³-hybridized carbons (Fsp3) is 0.357. The van der Waals surface area contributed by atoms with Gasteiger partial charge in [0.1, 0.15) is 5.82 Å². The van der Waals surface area contributed by atoms with Crippen LogP contribution in [0, 0.1) is 0 Å². The van der Waals surface area contributed by atoms with Gasteiger partial charge in [0.05, 0.1) is 12.3 Å². The summed E-state index contributed by atoms with van der Waals surface area (Å²) in [5, 5.41) is 11.5. The van der Waals surface area contributed by atoms with E-state index in [0.717, 1.165) is 29.7 Å². The Morgan fingerprint density at radius 3 is 2.74 bits per heavy atom. The molecule has 1 saturated heterocycles. The molecule has 0 amide bonds. The smallest absolute Gasteiger partial charge is 0.136 e. The van der Waals surface area contributed by atoms with Crippen LogP contribution >= 0.6 is 0 Å². The first-order chi connectivity index (χ1) is 9.28. The maximum Gasteiger partial charge on any atom is 0.136 e. The fourth-order valence-corrected chi connectivity index (χ4v) is 3.46. The molecule has 2 heterocycles. The molecular formula is C14H16N2O2S. The molecule has 100 valence electrons. The maximum atomic E-state index is 11.5. The number of hydrogen-bond donors (Lipinski definition) is 1. The quantitative estimate of drug-likeness (QED) is 0.898. The highest BCUT2D eigenvalue weighted by molar-refractivity contribution is 7.85. The predicted octanol–water partition coefficient (Wildman–Crippen LogP) is 1.30. The number of benzene rings is 1. The lowest BCUT2D eigenvalue weighted by Gasteiger charge is -2.28. The number of aliphatic hydroxyl groups excluding tert-OH is 1. The van der Waals surface area contributed by atoms with Gasteiger partial charge in [-0.1, -0.05) is 24.3 Å². The number of aromatic nitrogens is 1. The Kier molecular flexibility index (Phi) is 3.48. The van der Waals surface area contributed by atoms with Gasteiger partial charge in [-0.2, -0.15) is 0 Å². The first-order valence-corrected chi connectivity index (χ1v) is 7.86. The summed E-state index contributed by atoms with van der Waals surface area (Å²) in [6, 6.07) is 9.97. The van der Waals surface area contributed by atoms with Gasteiger partial charge in [0.15, 0.2) is 0 Å². The second-order valence-electron chi connectivity index (χ2n) is 4.65. The van der Waals surface area contributed by atoms with Gasteiger partial charge in [-0.15, -0.1) is 0 Å². The minimum Gasteiger partial charge on any atom is -0.390 e. The Morgan fingerprint density at radius 2 is 2.00 bits per heavy atom. The highest BCUT2D eigenvalue weighted by atomic mass is 32.2. The molecule has 1 fully saturated rings. The van der Waals surface area contributed by atoms with E-state index in [-0.39, 0.29) is 6.61 Å². The van der Waals surface area contributed by atoms with Crippen LogP contribution in [0.2, 0.25) is 0 Å². The second kappa shape index (κ2) is 5.27. The standard InChI is InChI=1S/C14H16N2O2S/c17-10-12-9-11-3-1-2-4-13(11)14(15-12)16-5-7-19(18)8-6-16/h1-4,9,17H,5-8,10H2. The molecule has 2 aromatic rings. The van der Waals surface area contributed by atoms with Crippen LogP contribution in [-0.2, 0) is 17.4 Å². The molecule has 0 atom stereocenters. The molecule has 19 heavy (non-hydrogen) atoms. The van der Waals surface area contributed by atoms with E-state index in [9.17, 15) is 9.32 Å². The van der Waals surface area contributed by atoms with Gasteiger partial charge in [-0.25, -0.2) is 4.98 Å². The van der Waals surface area contributed by atoms with E-state index >= 15 is 0 Å². The van der Waals surface area contributed by atoms with Crippen molar-refractivity contribution in [2.45, 2.75) is 6.61 Å². The molecule has 1 aromatic carbocycles. The number of pyridine rings is 1. The third-order valence-corrected chi connectivity index (χ3v) is 4.69. The average Bonchev–Trinajstić information content (AvgIpc) is 2.47. The predicted molar refractivity (Wildman–Crippen MR) is 77.8 cm³/mol. The lowest BCUT2D eigenvalue weighted by Crippen LogP contribution is -2.38. The molecule has 1 aliphatic rings. The molecule has 1 aliphatic heterocycles. The van der Waals surface area contributed by atoms with Crippen LogP contribution in [0.1, 0.15) is 5.69 Å². The van der Waals surface area contributed by atoms with Crippen LogP contribution in [-0.4, -0.2) is 38.9 Å². The van der Waals surface area contributed by atoms with Crippen molar-refractivity contribution in [1.29, 1.82) is 0 Å². The number of nitrogens with zero attached hydrogens (tertiary/aromatic N) is 2. The van der Waals surface area contributed by atoms with E-state index in [1.807, 2.05) is 30.3 Å². The fourth-order valence-electron chi connectivity index (χ4n) is 2.41. The lowest BCUT2D eigenvalue weighted by atomic mass is 10.1. The van der Waals surface area contributed by atoms with Crippen LogP contribution in [0.4, 0.5) is 5.82 Å². The van der Waals surface area contributed by atoms with Crippen molar-refractivity contribution in [2.75, 3.05) is 29.5 Å². The molecule has 1 aromatic heterocycles. The average molecular weight is 276 g/mol. The molecular weight excluding hydrogens is 260 g/mol. The molecule has 0 spiro atoms. The maximum absolute atomic E-state index is 11.5. The van der Waals surface area contributed by atoms with Crippen LogP contribution in [0.25, 0.3) is 10.8 Å². The zero-order valence-corrected chi connectivity index (χ0v) is 11.4. The van der Waals surface area contributed by atoms with Gasteiger partial charge in [0, 0.05) is 40.8 Å². The van der Waals surface area contributed by atoms with Gasteiger partial charge in [0.25, 0.3) is 0 Å². The van der Waals surface area contributed by atoms with Crippen molar-refractivity contribution in [3.05, 3.63) is 36.0 Å². The molecule has 0 unspecified atom stereocenters. The lowest BCUT2D eigenvalue weighted by molar-refractivity contribution is 0.277. The minimum absolute atomic E-state index is 0.0579. The highest BCUT2D eigenvalue weighted by Crippen LogP contribution is 2.26. The Labute approximate surface area is 114 Å². The van der Waals surface area contributed by atoms with E-state index < -0.39 is 10.8 Å². The van der Waals surface area contributed by atoms with Gasteiger partial charge in [-0.3, -0.25) is 4.21 Å². The van der Waals surface area contributed by atoms with E-state index in [4.69, 9.17) is 0 Å². The Bertz CT molecular complexity index is 620. The molecule has 0 aliphatic carbocycles. The number of hydrogen-bond acceptors (Lipinski definition) is 4. The minimum atomic E-state index is -0.694. The summed E-state index contributed by atoms with van der Waals surface area (Å²) in [7, 11) is -0.694. The highest BCUT2D eigenvalue weighted by Gasteiger charge is 2.19. The third kappa shape index (κ3) is 2.48. The van der Waals surface area contributed by atoms with E-state index in [1.165, 1.54) is 0 Å². The third-order valence-electron chi connectivity index (χ3n) is 3.41. The number of fused-ring (bicyclic) bond motifs is 1. The summed E-state index contributed by atoms with van der Waals surface area (Å²) < 4.78 is 11.5. The Hall–Kier alpha value is -1.46. The van der Waals surface area contributed by atoms with E-state index in [2.05, 4.69) is 9.88 Å². The van der Waals surface area contributed by atoms with Gasteiger partial charge in [-0.05, 0) is 11.5 Å². The van der Waals surface area contributed by atoms with Crippen LogP contribution in [0.15, 0.2) is 30.3 Å². The van der Waals surface area contributed by atoms with Crippen molar-refractivity contribution in [2.24, 2.45) is 0 Å². The second-order valence-corrected chi connectivity index (χ2v) is 6.35. The van der Waals surface area contributed by atoms with E-state index in [1.54, 1.807) is 0 Å². The van der Waals surface area contributed by atoms with Crippen molar-refractivity contribution < 1.29 is 9.32 Å². The summed E-state index contributed by atoms with van der Waals surface area (Å²) >= 11 is 0. The largest absolute Gasteiger partial charge is 0.390 e. The molecule has 0 bridgehead atoms. The van der Waals surface area contributed by atoms with Crippen LogP contribution < -0.4 is 4.90 Å². The van der Waals surface area contributed by atoms with Gasteiger partial charge in [0.2, 0.25) is 0 Å².